The first-order valence-corrected chi connectivity index (χ1v) is 30.6. The first kappa shape index (κ1) is 68.6. The monoisotopic (exact) mass is 1000 g/mol. The molecule has 6 nitrogen and oxygen atoms in total. The fraction of sp³-hybridized carbons (Fsp3) is 0.742. The number of esters is 3. The number of hydrogen-bond donors (Lipinski definition) is 0. The Kier molecular flexibility index (Phi) is 57.3. The molecule has 0 aliphatic rings. The molecule has 0 heterocycles. The van der Waals surface area contributed by atoms with Crippen molar-refractivity contribution in [3.8, 4) is 0 Å². The van der Waals surface area contributed by atoms with Gasteiger partial charge in [0.05, 0.1) is 0 Å². The van der Waals surface area contributed by atoms with E-state index in [0.29, 0.717) is 19.3 Å². The van der Waals surface area contributed by atoms with E-state index in [2.05, 4.69) is 106 Å². The molecule has 0 saturated heterocycles. The number of rotatable bonds is 55. The fourth-order valence-electron chi connectivity index (χ4n) is 8.53. The number of unbranched alkanes of at least 4 members (excludes halogenated alkanes) is 30. The predicted molar refractivity (Wildman–Crippen MR) is 311 cm³/mol. The molecule has 1 unspecified atom stereocenters. The van der Waals surface area contributed by atoms with Gasteiger partial charge >= 0.3 is 17.9 Å². The molecule has 0 rings (SSSR count). The van der Waals surface area contributed by atoms with E-state index in [0.717, 1.165) is 103 Å². The van der Waals surface area contributed by atoms with Gasteiger partial charge in [0, 0.05) is 19.3 Å². The molecule has 0 N–H and O–H groups in total. The van der Waals surface area contributed by atoms with Crippen molar-refractivity contribution in [1.82, 2.24) is 0 Å². The zero-order valence-corrected chi connectivity index (χ0v) is 47.4. The Balaban J connectivity index is 4.25. The van der Waals surface area contributed by atoms with E-state index in [9.17, 15) is 14.4 Å². The third-order valence-electron chi connectivity index (χ3n) is 13.1. The third kappa shape index (κ3) is 57.5. The van der Waals surface area contributed by atoms with Gasteiger partial charge < -0.3 is 14.2 Å². The normalized spacial score (nSPS) is 12.7. The van der Waals surface area contributed by atoms with Gasteiger partial charge in [0.1, 0.15) is 13.2 Å². The molecule has 0 saturated carbocycles. The van der Waals surface area contributed by atoms with E-state index < -0.39 is 6.10 Å². The Labute approximate surface area is 445 Å². The van der Waals surface area contributed by atoms with Gasteiger partial charge in [-0.15, -0.1) is 0 Å². The molecular formula is C66H114O6. The van der Waals surface area contributed by atoms with Crippen molar-refractivity contribution in [1.29, 1.82) is 0 Å². The molecule has 0 radical (unpaired) electrons. The summed E-state index contributed by atoms with van der Waals surface area (Å²) in [4.78, 5) is 38.2. The maximum absolute atomic E-state index is 12.9. The smallest absolute Gasteiger partial charge is 0.306 e. The van der Waals surface area contributed by atoms with E-state index in [4.69, 9.17) is 14.2 Å². The fourth-order valence-corrected chi connectivity index (χ4v) is 8.53. The van der Waals surface area contributed by atoms with Crippen LogP contribution < -0.4 is 0 Å². The van der Waals surface area contributed by atoms with Crippen LogP contribution in [0.5, 0.6) is 0 Å². The van der Waals surface area contributed by atoms with E-state index >= 15 is 0 Å². The van der Waals surface area contributed by atoms with Crippen LogP contribution in [0.25, 0.3) is 0 Å². The Bertz CT molecular complexity index is 1380. The number of ether oxygens (including phenoxy) is 3. The summed E-state index contributed by atoms with van der Waals surface area (Å²) in [5.41, 5.74) is 0. The summed E-state index contributed by atoms with van der Waals surface area (Å²) in [7, 11) is 0. The molecule has 0 amide bonds. The van der Waals surface area contributed by atoms with Crippen LogP contribution in [0.15, 0.2) is 85.1 Å². The van der Waals surface area contributed by atoms with Crippen LogP contribution in [0.4, 0.5) is 0 Å². The minimum Gasteiger partial charge on any atom is -0.462 e. The minimum absolute atomic E-state index is 0.0807. The van der Waals surface area contributed by atoms with Crippen LogP contribution in [-0.2, 0) is 28.6 Å². The second-order valence-corrected chi connectivity index (χ2v) is 20.2. The summed E-state index contributed by atoms with van der Waals surface area (Å²) < 4.78 is 16.9. The van der Waals surface area contributed by atoms with E-state index in [1.165, 1.54) is 154 Å². The summed E-state index contributed by atoms with van der Waals surface area (Å²) in [5.74, 6) is -0.889. The zero-order valence-electron chi connectivity index (χ0n) is 47.4. The Morgan fingerprint density at radius 1 is 0.292 bits per heavy atom. The van der Waals surface area contributed by atoms with Gasteiger partial charge in [-0.2, -0.15) is 0 Å². The summed E-state index contributed by atoms with van der Waals surface area (Å²) >= 11 is 0. The number of carbonyl (C=O) groups excluding carboxylic acids is 3. The number of hydrogen-bond acceptors (Lipinski definition) is 6. The van der Waals surface area contributed by atoms with Crippen LogP contribution in [0.1, 0.15) is 297 Å². The van der Waals surface area contributed by atoms with Gasteiger partial charge in [0.15, 0.2) is 6.10 Å². The van der Waals surface area contributed by atoms with E-state index in [1.54, 1.807) is 0 Å². The lowest BCUT2D eigenvalue weighted by Crippen LogP contribution is -2.30. The van der Waals surface area contributed by atoms with Crippen LogP contribution >= 0.6 is 0 Å². The number of allylic oxidation sites excluding steroid dienone is 14. The SMILES string of the molecule is CC/C=C\C/C=C\C/C=C\C/C=C\CCCCCCCCCCCCCCC(=O)OCC(COC(=O)CCCCCCC/C=C\CCC)OC(=O)CCCCCCCCCCC/C=C\C/C=C\CCCCC. The summed E-state index contributed by atoms with van der Waals surface area (Å²) in [6, 6.07) is 0. The average molecular weight is 1000 g/mol. The van der Waals surface area contributed by atoms with Crippen molar-refractivity contribution >= 4 is 17.9 Å². The van der Waals surface area contributed by atoms with Gasteiger partial charge in [-0.25, -0.2) is 0 Å². The van der Waals surface area contributed by atoms with Crippen molar-refractivity contribution in [2.24, 2.45) is 0 Å². The maximum atomic E-state index is 12.9. The topological polar surface area (TPSA) is 78.9 Å². The second kappa shape index (κ2) is 60.1. The summed E-state index contributed by atoms with van der Waals surface area (Å²) in [6.07, 6.45) is 78.7. The molecule has 0 aromatic heterocycles. The first-order chi connectivity index (χ1) is 35.5. The molecular weight excluding hydrogens is 889 g/mol. The van der Waals surface area contributed by atoms with Gasteiger partial charge in [0.2, 0.25) is 0 Å². The molecule has 72 heavy (non-hydrogen) atoms. The quantitative estimate of drug-likeness (QED) is 0.0261. The largest absolute Gasteiger partial charge is 0.462 e. The van der Waals surface area contributed by atoms with Gasteiger partial charge in [-0.1, -0.05) is 254 Å². The molecule has 0 aromatic carbocycles. The lowest BCUT2D eigenvalue weighted by Gasteiger charge is -2.18. The molecule has 0 aromatic rings. The molecule has 0 aliphatic heterocycles. The Morgan fingerprint density at radius 3 is 0.917 bits per heavy atom. The minimum atomic E-state index is -0.783. The summed E-state index contributed by atoms with van der Waals surface area (Å²) in [5, 5.41) is 0. The summed E-state index contributed by atoms with van der Waals surface area (Å²) in [6.45, 7) is 6.45. The molecule has 6 heteroatoms. The van der Waals surface area contributed by atoms with E-state index in [1.807, 2.05) is 0 Å². The highest BCUT2D eigenvalue weighted by molar-refractivity contribution is 5.71. The predicted octanol–water partition coefficient (Wildman–Crippen LogP) is 20.7. The van der Waals surface area contributed by atoms with Gasteiger partial charge in [-0.05, 0) is 109 Å². The standard InChI is InChI=1S/C66H114O6/c1-4-7-10-13-16-19-22-24-26-28-30-31-32-33-34-35-37-38-40-42-44-47-50-53-56-59-65(68)71-62-63(61-70-64(67)58-55-52-49-46-21-18-15-12-9-6-3)72-66(69)60-57-54-51-48-45-43-41-39-36-29-27-25-23-20-17-14-11-8-5-2/h7,10,12,15-17,19-20,24-27,30-31,63H,4-6,8-9,11,13-14,18,21-23,28-29,32-62H2,1-3H3/b10-7-,15-12-,19-16-,20-17-,26-24-,27-25-,31-30-. The molecule has 0 bridgehead atoms. The molecule has 0 spiro atoms. The molecule has 414 valence electrons. The van der Waals surface area contributed by atoms with Crippen molar-refractivity contribution in [3.63, 3.8) is 0 Å². The highest BCUT2D eigenvalue weighted by Crippen LogP contribution is 2.16. The van der Waals surface area contributed by atoms with Crippen LogP contribution in [0.2, 0.25) is 0 Å². The molecule has 0 aliphatic carbocycles. The maximum Gasteiger partial charge on any atom is 0.306 e. The number of carbonyl (C=O) groups is 3. The Hall–Kier alpha value is -3.41. The average Bonchev–Trinajstić information content (AvgIpc) is 3.38. The Morgan fingerprint density at radius 2 is 0.569 bits per heavy atom. The van der Waals surface area contributed by atoms with Crippen molar-refractivity contribution in [2.75, 3.05) is 13.2 Å². The lowest BCUT2D eigenvalue weighted by atomic mass is 10.0. The van der Waals surface area contributed by atoms with Gasteiger partial charge in [-0.3, -0.25) is 14.4 Å². The van der Waals surface area contributed by atoms with E-state index in [-0.39, 0.29) is 31.1 Å². The molecule has 0 fully saturated rings. The van der Waals surface area contributed by atoms with Crippen molar-refractivity contribution < 1.29 is 28.6 Å². The first-order valence-electron chi connectivity index (χ1n) is 30.6. The van der Waals surface area contributed by atoms with Crippen LogP contribution in [-0.4, -0.2) is 37.2 Å². The van der Waals surface area contributed by atoms with Crippen molar-refractivity contribution in [3.05, 3.63) is 85.1 Å². The lowest BCUT2D eigenvalue weighted by molar-refractivity contribution is -0.167. The van der Waals surface area contributed by atoms with Gasteiger partial charge in [0.25, 0.3) is 0 Å². The highest BCUT2D eigenvalue weighted by atomic mass is 16.6. The highest BCUT2D eigenvalue weighted by Gasteiger charge is 2.19. The third-order valence-corrected chi connectivity index (χ3v) is 13.1. The van der Waals surface area contributed by atoms with Crippen LogP contribution in [0, 0.1) is 0 Å². The molecule has 1 atom stereocenters. The second-order valence-electron chi connectivity index (χ2n) is 20.2. The zero-order chi connectivity index (χ0) is 52.2. The van der Waals surface area contributed by atoms with Crippen molar-refractivity contribution in [2.45, 2.75) is 303 Å². The van der Waals surface area contributed by atoms with Crippen LogP contribution in [0.3, 0.4) is 0 Å².